The third-order valence-corrected chi connectivity index (χ3v) is 1.97. The summed E-state index contributed by atoms with van der Waals surface area (Å²) in [5.41, 5.74) is 0. The number of methoxy groups -OCH3 is 1. The highest BCUT2D eigenvalue weighted by atomic mass is 16.5. The monoisotopic (exact) mass is 176 g/mol. The summed E-state index contributed by atoms with van der Waals surface area (Å²) >= 11 is 0. The number of aliphatic hydroxyl groups is 2. The summed E-state index contributed by atoms with van der Waals surface area (Å²) in [6.45, 7) is 0.393. The molecular formula is C9H20O3. The number of hydrogen-bond acceptors (Lipinski definition) is 3. The molecule has 3 nitrogen and oxygen atoms in total. The van der Waals surface area contributed by atoms with Crippen LogP contribution in [-0.4, -0.2) is 36.6 Å². The van der Waals surface area contributed by atoms with Gasteiger partial charge in [0.1, 0.15) is 0 Å². The number of aliphatic hydroxyl groups excluding tert-OH is 2. The van der Waals surface area contributed by atoms with Gasteiger partial charge >= 0.3 is 0 Å². The molecule has 0 aliphatic rings. The maximum absolute atomic E-state index is 8.76. The maximum atomic E-state index is 8.76. The molecule has 0 aromatic rings. The van der Waals surface area contributed by atoms with Gasteiger partial charge in [-0.3, -0.25) is 0 Å². The van der Waals surface area contributed by atoms with E-state index in [4.69, 9.17) is 14.9 Å². The molecule has 1 unspecified atom stereocenters. The van der Waals surface area contributed by atoms with Crippen molar-refractivity contribution >= 4 is 0 Å². The molecule has 0 aromatic heterocycles. The lowest BCUT2D eigenvalue weighted by molar-refractivity contribution is 0.0414. The van der Waals surface area contributed by atoms with E-state index in [0.717, 1.165) is 32.1 Å². The van der Waals surface area contributed by atoms with Crippen LogP contribution in [0.5, 0.6) is 0 Å². The average molecular weight is 176 g/mol. The first kappa shape index (κ1) is 11.9. The second-order valence-corrected chi connectivity index (χ2v) is 2.97. The normalized spacial score (nSPS) is 13.2. The largest absolute Gasteiger partial charge is 0.396 e. The fourth-order valence-corrected chi connectivity index (χ4v) is 1.12. The molecular weight excluding hydrogens is 156 g/mol. The highest BCUT2D eigenvalue weighted by Gasteiger charge is 2.03. The lowest BCUT2D eigenvalue weighted by atomic mass is 10.1. The molecule has 0 rings (SSSR count). The van der Waals surface area contributed by atoms with Crippen LogP contribution in [0, 0.1) is 0 Å². The zero-order valence-electron chi connectivity index (χ0n) is 7.83. The fraction of sp³-hybridized carbons (Fsp3) is 1.00. The zero-order valence-corrected chi connectivity index (χ0v) is 7.83. The van der Waals surface area contributed by atoms with Crippen LogP contribution in [0.2, 0.25) is 0 Å². The van der Waals surface area contributed by atoms with Crippen molar-refractivity contribution in [2.45, 2.75) is 38.2 Å². The predicted octanol–water partition coefficient (Wildman–Crippen LogP) is 0.936. The summed E-state index contributed by atoms with van der Waals surface area (Å²) in [7, 11) is 1.62. The van der Waals surface area contributed by atoms with Gasteiger partial charge in [0.25, 0.3) is 0 Å². The predicted molar refractivity (Wildman–Crippen MR) is 48.1 cm³/mol. The Hall–Kier alpha value is -0.120. The smallest absolute Gasteiger partial charge is 0.0802 e. The van der Waals surface area contributed by atoms with Crippen LogP contribution in [0.4, 0.5) is 0 Å². The van der Waals surface area contributed by atoms with Crippen molar-refractivity contribution in [3.05, 3.63) is 0 Å². The summed E-state index contributed by atoms with van der Waals surface area (Å²) in [6.07, 6.45) is 5.05. The Labute approximate surface area is 74.4 Å². The zero-order chi connectivity index (χ0) is 9.23. The summed E-state index contributed by atoms with van der Waals surface area (Å²) in [4.78, 5) is 0. The average Bonchev–Trinajstić information content (AvgIpc) is 2.11. The summed E-state index contributed by atoms with van der Waals surface area (Å²) in [5, 5.41) is 17.3. The second-order valence-electron chi connectivity index (χ2n) is 2.97. The molecule has 0 radical (unpaired) electrons. The van der Waals surface area contributed by atoms with Crippen molar-refractivity contribution in [2.24, 2.45) is 0 Å². The van der Waals surface area contributed by atoms with Crippen molar-refractivity contribution in [1.82, 2.24) is 0 Å². The number of ether oxygens (including phenoxy) is 1. The van der Waals surface area contributed by atoms with Gasteiger partial charge in [-0.15, -0.1) is 0 Å². The molecule has 0 fully saturated rings. The van der Waals surface area contributed by atoms with E-state index in [0.29, 0.717) is 0 Å². The van der Waals surface area contributed by atoms with E-state index >= 15 is 0 Å². The molecule has 0 saturated carbocycles. The summed E-state index contributed by atoms with van der Waals surface area (Å²) in [5.74, 6) is 0. The molecule has 0 saturated heterocycles. The molecule has 0 heterocycles. The van der Waals surface area contributed by atoms with Gasteiger partial charge in [-0.25, -0.2) is 0 Å². The van der Waals surface area contributed by atoms with Gasteiger partial charge in [0, 0.05) is 13.7 Å². The SMILES string of the molecule is COC(CO)CCCCCCO. The molecule has 2 N–H and O–H groups in total. The highest BCUT2D eigenvalue weighted by Crippen LogP contribution is 2.06. The second kappa shape index (κ2) is 8.97. The van der Waals surface area contributed by atoms with Gasteiger partial charge in [0.2, 0.25) is 0 Å². The third kappa shape index (κ3) is 6.58. The van der Waals surface area contributed by atoms with Crippen LogP contribution in [0.3, 0.4) is 0 Å². The Morgan fingerprint density at radius 1 is 1.08 bits per heavy atom. The van der Waals surface area contributed by atoms with E-state index < -0.39 is 0 Å². The molecule has 0 bridgehead atoms. The van der Waals surface area contributed by atoms with E-state index in [1.807, 2.05) is 0 Å². The molecule has 0 amide bonds. The van der Waals surface area contributed by atoms with E-state index in [9.17, 15) is 0 Å². The first-order valence-corrected chi connectivity index (χ1v) is 4.59. The Bertz CT molecular complexity index is 81.8. The minimum Gasteiger partial charge on any atom is -0.396 e. The molecule has 74 valence electrons. The molecule has 0 aliphatic carbocycles. The van der Waals surface area contributed by atoms with Gasteiger partial charge < -0.3 is 14.9 Å². The topological polar surface area (TPSA) is 49.7 Å². The van der Waals surface area contributed by atoms with Crippen LogP contribution in [0.15, 0.2) is 0 Å². The van der Waals surface area contributed by atoms with Crippen molar-refractivity contribution in [1.29, 1.82) is 0 Å². The van der Waals surface area contributed by atoms with Crippen molar-refractivity contribution < 1.29 is 14.9 Å². The minimum atomic E-state index is -0.000809. The Balaban J connectivity index is 3.06. The van der Waals surface area contributed by atoms with Crippen molar-refractivity contribution in [2.75, 3.05) is 20.3 Å². The molecule has 12 heavy (non-hydrogen) atoms. The first-order valence-electron chi connectivity index (χ1n) is 4.59. The molecule has 0 aliphatic heterocycles. The number of hydrogen-bond donors (Lipinski definition) is 2. The van der Waals surface area contributed by atoms with Gasteiger partial charge in [0.15, 0.2) is 0 Å². The van der Waals surface area contributed by atoms with E-state index in [1.54, 1.807) is 7.11 Å². The molecule has 1 atom stereocenters. The van der Waals surface area contributed by atoms with Crippen LogP contribution >= 0.6 is 0 Å². The van der Waals surface area contributed by atoms with Crippen LogP contribution < -0.4 is 0 Å². The van der Waals surface area contributed by atoms with Gasteiger partial charge in [-0.05, 0) is 12.8 Å². The minimum absolute atomic E-state index is 0.000809. The quantitative estimate of drug-likeness (QED) is 0.541. The standard InChI is InChI=1S/C9H20O3/c1-12-9(8-11)6-4-2-3-5-7-10/h9-11H,2-8H2,1H3. The lowest BCUT2D eigenvalue weighted by Gasteiger charge is -2.10. The fourth-order valence-electron chi connectivity index (χ4n) is 1.12. The van der Waals surface area contributed by atoms with E-state index in [2.05, 4.69) is 0 Å². The lowest BCUT2D eigenvalue weighted by Crippen LogP contribution is -2.14. The van der Waals surface area contributed by atoms with Crippen LogP contribution in [0.25, 0.3) is 0 Å². The van der Waals surface area contributed by atoms with Gasteiger partial charge in [0.05, 0.1) is 12.7 Å². The Kier molecular flexibility index (Phi) is 8.88. The Morgan fingerprint density at radius 2 is 1.75 bits per heavy atom. The summed E-state index contributed by atoms with van der Waals surface area (Å²) < 4.78 is 5.01. The van der Waals surface area contributed by atoms with Crippen molar-refractivity contribution in [3.63, 3.8) is 0 Å². The molecule has 0 aromatic carbocycles. The van der Waals surface area contributed by atoms with Crippen LogP contribution in [0.1, 0.15) is 32.1 Å². The van der Waals surface area contributed by atoms with E-state index in [-0.39, 0.29) is 19.3 Å². The first-order chi connectivity index (χ1) is 5.85. The summed E-state index contributed by atoms with van der Waals surface area (Å²) in [6, 6.07) is 0. The van der Waals surface area contributed by atoms with Gasteiger partial charge in [-0.2, -0.15) is 0 Å². The van der Waals surface area contributed by atoms with Crippen molar-refractivity contribution in [3.8, 4) is 0 Å². The third-order valence-electron chi connectivity index (χ3n) is 1.97. The van der Waals surface area contributed by atoms with Gasteiger partial charge in [-0.1, -0.05) is 19.3 Å². The molecule has 0 spiro atoms. The maximum Gasteiger partial charge on any atom is 0.0802 e. The highest BCUT2D eigenvalue weighted by molar-refractivity contribution is 4.55. The van der Waals surface area contributed by atoms with E-state index in [1.165, 1.54) is 0 Å². The number of rotatable bonds is 8. The Morgan fingerprint density at radius 3 is 2.25 bits per heavy atom. The van der Waals surface area contributed by atoms with Crippen LogP contribution in [-0.2, 0) is 4.74 Å². The number of unbranched alkanes of at least 4 members (excludes halogenated alkanes) is 3. The molecule has 3 heteroatoms.